The summed E-state index contributed by atoms with van der Waals surface area (Å²) in [5.74, 6) is 6.06. The molecule has 1 amide bonds. The minimum absolute atomic E-state index is 0.0103. The first-order valence-electron chi connectivity index (χ1n) is 5.57. The second kappa shape index (κ2) is 6.62. The van der Waals surface area contributed by atoms with Crippen LogP contribution in [0.2, 0.25) is 0 Å². The maximum Gasteiger partial charge on any atom is 0.230 e. The number of nitrogens with zero attached hydrogens (tertiary/aromatic N) is 1. The maximum absolute atomic E-state index is 11.5. The second-order valence-corrected chi connectivity index (χ2v) is 5.28. The summed E-state index contributed by atoms with van der Waals surface area (Å²) in [5, 5.41) is 6.55. The van der Waals surface area contributed by atoms with Crippen LogP contribution in [-0.2, 0) is 4.79 Å². The van der Waals surface area contributed by atoms with Crippen molar-refractivity contribution >= 4 is 22.8 Å². The van der Waals surface area contributed by atoms with E-state index in [9.17, 15) is 4.79 Å². The third kappa shape index (κ3) is 4.74. The smallest absolute Gasteiger partial charge is 0.230 e. The first-order valence-corrected chi connectivity index (χ1v) is 6.56. The Hall–Kier alpha value is -0.910. The number of amidine groups is 1. The zero-order valence-corrected chi connectivity index (χ0v) is 10.4. The van der Waals surface area contributed by atoms with Crippen molar-refractivity contribution < 1.29 is 4.79 Å². The van der Waals surface area contributed by atoms with Crippen LogP contribution in [0.5, 0.6) is 0 Å². The molecule has 0 aromatic heterocycles. The molecule has 1 rings (SSSR count). The van der Waals surface area contributed by atoms with E-state index in [0.29, 0.717) is 11.8 Å². The van der Waals surface area contributed by atoms with Gasteiger partial charge in [0.2, 0.25) is 5.91 Å². The molecule has 0 heterocycles. The van der Waals surface area contributed by atoms with Gasteiger partial charge in [-0.2, -0.15) is 5.10 Å². The Labute approximate surface area is 100 Å². The van der Waals surface area contributed by atoms with Gasteiger partial charge in [0.25, 0.3) is 0 Å². The molecule has 0 spiro atoms. The third-order valence-electron chi connectivity index (χ3n) is 2.86. The van der Waals surface area contributed by atoms with Gasteiger partial charge in [-0.05, 0) is 31.6 Å². The number of nitrogens with one attached hydrogen (secondary N) is 1. The number of hydrogen-bond donors (Lipinski definition) is 3. The Morgan fingerprint density at radius 1 is 1.44 bits per heavy atom. The number of amides is 1. The van der Waals surface area contributed by atoms with Gasteiger partial charge in [-0.1, -0.05) is 18.7 Å². The summed E-state index contributed by atoms with van der Waals surface area (Å²) in [6.45, 7) is 2.26. The van der Waals surface area contributed by atoms with Crippen molar-refractivity contribution in [1.29, 1.82) is 0 Å². The molecule has 1 fully saturated rings. The number of carbonyl (C=O) groups excluding carboxylic acids is 1. The number of thioether (sulfide) groups is 1. The van der Waals surface area contributed by atoms with E-state index in [4.69, 9.17) is 11.6 Å². The quantitative estimate of drug-likeness (QED) is 0.293. The SMILES string of the molecule is CC1CCC(NC(=O)CSC(N)=NN)CC1. The highest BCUT2D eigenvalue weighted by atomic mass is 32.2. The summed E-state index contributed by atoms with van der Waals surface area (Å²) in [6.07, 6.45) is 4.56. The van der Waals surface area contributed by atoms with E-state index < -0.39 is 0 Å². The highest BCUT2D eigenvalue weighted by Gasteiger charge is 2.19. The molecule has 0 unspecified atom stereocenters. The average molecular weight is 244 g/mol. The van der Waals surface area contributed by atoms with Gasteiger partial charge in [0.1, 0.15) is 0 Å². The standard InChI is InChI=1S/C10H20N4OS/c1-7-2-4-8(5-3-7)13-9(15)6-16-10(11)14-12/h7-8H,2-6,12H2,1H3,(H2,11,14)(H,13,15). The van der Waals surface area contributed by atoms with Crippen LogP contribution >= 0.6 is 11.8 Å². The molecule has 0 atom stereocenters. The number of carbonyl (C=O) groups is 1. The van der Waals surface area contributed by atoms with E-state index in [-0.39, 0.29) is 11.1 Å². The third-order valence-corrected chi connectivity index (χ3v) is 3.67. The molecule has 0 aromatic carbocycles. The van der Waals surface area contributed by atoms with Crippen molar-refractivity contribution in [1.82, 2.24) is 5.32 Å². The topological polar surface area (TPSA) is 93.5 Å². The lowest BCUT2D eigenvalue weighted by Gasteiger charge is -2.26. The molecule has 5 N–H and O–H groups in total. The van der Waals surface area contributed by atoms with Gasteiger partial charge in [0.05, 0.1) is 5.75 Å². The van der Waals surface area contributed by atoms with E-state index in [1.807, 2.05) is 0 Å². The van der Waals surface area contributed by atoms with Gasteiger partial charge in [0.15, 0.2) is 5.17 Å². The average Bonchev–Trinajstić information content (AvgIpc) is 2.29. The first-order chi connectivity index (χ1) is 7.61. The largest absolute Gasteiger partial charge is 0.377 e. The Balaban J connectivity index is 2.19. The van der Waals surface area contributed by atoms with Crippen LogP contribution in [0.4, 0.5) is 0 Å². The molecule has 0 aromatic rings. The van der Waals surface area contributed by atoms with Crippen LogP contribution in [0.25, 0.3) is 0 Å². The van der Waals surface area contributed by atoms with Crippen LogP contribution in [-0.4, -0.2) is 22.9 Å². The zero-order chi connectivity index (χ0) is 12.0. The lowest BCUT2D eigenvalue weighted by atomic mass is 9.87. The minimum atomic E-state index is 0.0103. The monoisotopic (exact) mass is 244 g/mol. The van der Waals surface area contributed by atoms with Crippen molar-refractivity contribution in [2.75, 3.05) is 5.75 Å². The number of nitrogens with two attached hydrogens (primary N) is 2. The highest BCUT2D eigenvalue weighted by molar-refractivity contribution is 8.14. The van der Waals surface area contributed by atoms with E-state index in [2.05, 4.69) is 17.3 Å². The molecule has 1 aliphatic carbocycles. The Morgan fingerprint density at radius 2 is 2.06 bits per heavy atom. The van der Waals surface area contributed by atoms with Crippen LogP contribution in [0.3, 0.4) is 0 Å². The summed E-state index contributed by atoms with van der Waals surface area (Å²) < 4.78 is 0. The zero-order valence-electron chi connectivity index (χ0n) is 9.61. The molecule has 92 valence electrons. The minimum Gasteiger partial charge on any atom is -0.377 e. The molecule has 1 saturated carbocycles. The predicted octanol–water partition coefficient (Wildman–Crippen LogP) is 0.603. The normalized spacial score (nSPS) is 26.4. The van der Waals surface area contributed by atoms with Crippen molar-refractivity contribution in [3.63, 3.8) is 0 Å². The molecule has 6 heteroatoms. The summed E-state index contributed by atoms with van der Waals surface area (Å²) >= 11 is 1.16. The van der Waals surface area contributed by atoms with E-state index >= 15 is 0 Å². The first kappa shape index (κ1) is 13.2. The fraction of sp³-hybridized carbons (Fsp3) is 0.800. The van der Waals surface area contributed by atoms with E-state index in [0.717, 1.165) is 30.5 Å². The Morgan fingerprint density at radius 3 is 2.62 bits per heavy atom. The molecule has 16 heavy (non-hydrogen) atoms. The van der Waals surface area contributed by atoms with Gasteiger partial charge in [-0.25, -0.2) is 0 Å². The molecule has 1 aliphatic rings. The highest BCUT2D eigenvalue weighted by Crippen LogP contribution is 2.23. The second-order valence-electron chi connectivity index (χ2n) is 4.28. The number of hydrazone groups is 1. The van der Waals surface area contributed by atoms with Gasteiger partial charge >= 0.3 is 0 Å². The van der Waals surface area contributed by atoms with Gasteiger partial charge < -0.3 is 16.9 Å². The number of hydrogen-bond acceptors (Lipinski definition) is 4. The van der Waals surface area contributed by atoms with E-state index in [1.54, 1.807) is 0 Å². The maximum atomic E-state index is 11.5. The molecule has 5 nitrogen and oxygen atoms in total. The van der Waals surface area contributed by atoms with Crippen LogP contribution in [0.15, 0.2) is 5.10 Å². The lowest BCUT2D eigenvalue weighted by Crippen LogP contribution is -2.38. The van der Waals surface area contributed by atoms with Crippen molar-refractivity contribution in [3.8, 4) is 0 Å². The molecule has 0 aliphatic heterocycles. The van der Waals surface area contributed by atoms with Crippen molar-refractivity contribution in [2.45, 2.75) is 38.6 Å². The van der Waals surface area contributed by atoms with Crippen molar-refractivity contribution in [2.24, 2.45) is 22.6 Å². The summed E-state index contributed by atoms with van der Waals surface area (Å²) in [7, 11) is 0. The molecule has 0 radical (unpaired) electrons. The van der Waals surface area contributed by atoms with Gasteiger partial charge in [-0.3, -0.25) is 4.79 Å². The fourth-order valence-corrected chi connectivity index (χ4v) is 2.29. The predicted molar refractivity (Wildman–Crippen MR) is 67.8 cm³/mol. The fourth-order valence-electron chi connectivity index (χ4n) is 1.85. The van der Waals surface area contributed by atoms with Gasteiger partial charge in [-0.15, -0.1) is 0 Å². The molecular formula is C10H20N4OS. The van der Waals surface area contributed by atoms with Crippen LogP contribution < -0.4 is 16.9 Å². The van der Waals surface area contributed by atoms with Crippen LogP contribution in [0, 0.1) is 5.92 Å². The van der Waals surface area contributed by atoms with Crippen molar-refractivity contribution in [3.05, 3.63) is 0 Å². The summed E-state index contributed by atoms with van der Waals surface area (Å²) in [5.41, 5.74) is 5.38. The lowest BCUT2D eigenvalue weighted by molar-refractivity contribution is -0.119. The van der Waals surface area contributed by atoms with E-state index in [1.165, 1.54) is 12.8 Å². The summed E-state index contributed by atoms with van der Waals surface area (Å²) in [4.78, 5) is 11.5. The van der Waals surface area contributed by atoms with Crippen LogP contribution in [0.1, 0.15) is 32.6 Å². The Kier molecular flexibility index (Phi) is 5.45. The molecule has 0 bridgehead atoms. The molecule has 0 saturated heterocycles. The molecular weight excluding hydrogens is 224 g/mol. The number of rotatable bonds is 3. The summed E-state index contributed by atoms with van der Waals surface area (Å²) in [6, 6.07) is 0.334. The Bertz CT molecular complexity index is 262. The van der Waals surface area contributed by atoms with Gasteiger partial charge in [0, 0.05) is 6.04 Å².